The average molecular weight is 375 g/mol. The maximum atomic E-state index is 12.4. The minimum absolute atomic E-state index is 0.0776. The van der Waals surface area contributed by atoms with E-state index in [2.05, 4.69) is 5.32 Å². The highest BCUT2D eigenvalue weighted by atomic mass is 32.2. The van der Waals surface area contributed by atoms with E-state index in [-0.39, 0.29) is 18.9 Å². The molecule has 0 bridgehead atoms. The SMILES string of the molecule is Cc1cccc(NC(=O)CCN(c2c(C)cccc2C)S(C)(=O)=O)c1C. The highest BCUT2D eigenvalue weighted by molar-refractivity contribution is 7.92. The smallest absolute Gasteiger partial charge is 0.232 e. The maximum Gasteiger partial charge on any atom is 0.232 e. The minimum Gasteiger partial charge on any atom is -0.326 e. The molecule has 0 radical (unpaired) electrons. The van der Waals surface area contributed by atoms with Gasteiger partial charge in [-0.05, 0) is 56.0 Å². The Kier molecular flexibility index (Phi) is 6.08. The summed E-state index contributed by atoms with van der Waals surface area (Å²) in [5.74, 6) is -0.210. The molecule has 5 nitrogen and oxygen atoms in total. The van der Waals surface area contributed by atoms with Crippen LogP contribution in [0.3, 0.4) is 0 Å². The van der Waals surface area contributed by atoms with Crippen LogP contribution < -0.4 is 9.62 Å². The lowest BCUT2D eigenvalue weighted by molar-refractivity contribution is -0.116. The molecule has 2 rings (SSSR count). The monoisotopic (exact) mass is 374 g/mol. The maximum absolute atomic E-state index is 12.4. The summed E-state index contributed by atoms with van der Waals surface area (Å²) in [7, 11) is -3.49. The number of hydrogen-bond donors (Lipinski definition) is 1. The fraction of sp³-hybridized carbons (Fsp3) is 0.350. The molecule has 0 aliphatic carbocycles. The molecule has 0 aliphatic rings. The molecule has 1 amide bonds. The van der Waals surface area contributed by atoms with Crippen LogP contribution >= 0.6 is 0 Å². The van der Waals surface area contributed by atoms with E-state index < -0.39 is 10.0 Å². The van der Waals surface area contributed by atoms with Gasteiger partial charge in [0.25, 0.3) is 0 Å². The van der Waals surface area contributed by atoms with Crippen LogP contribution in [0.5, 0.6) is 0 Å². The standard InChI is InChI=1S/C20H26N2O3S/c1-14-8-7-11-18(17(14)4)21-19(23)12-13-22(26(5,24)25)20-15(2)9-6-10-16(20)3/h6-11H,12-13H2,1-5H3,(H,21,23). The summed E-state index contributed by atoms with van der Waals surface area (Å²) in [5.41, 5.74) is 5.24. The van der Waals surface area contributed by atoms with Crippen LogP contribution in [0, 0.1) is 27.7 Å². The van der Waals surface area contributed by atoms with Crippen molar-refractivity contribution in [1.29, 1.82) is 0 Å². The Bertz CT molecular complexity index is 900. The summed E-state index contributed by atoms with van der Waals surface area (Å²) in [4.78, 5) is 12.4. The molecule has 0 unspecified atom stereocenters. The third-order valence-corrected chi connectivity index (χ3v) is 5.68. The third kappa shape index (κ3) is 4.64. The number of nitrogens with one attached hydrogen (secondary N) is 1. The number of carbonyl (C=O) groups excluding carboxylic acids is 1. The predicted molar refractivity (Wildman–Crippen MR) is 107 cm³/mol. The lowest BCUT2D eigenvalue weighted by Gasteiger charge is -2.25. The minimum atomic E-state index is -3.49. The first-order chi connectivity index (χ1) is 12.1. The van der Waals surface area contributed by atoms with Gasteiger partial charge in [-0.25, -0.2) is 8.42 Å². The van der Waals surface area contributed by atoms with Gasteiger partial charge in [0, 0.05) is 18.7 Å². The van der Waals surface area contributed by atoms with Gasteiger partial charge in [0.2, 0.25) is 15.9 Å². The van der Waals surface area contributed by atoms with Crippen molar-refractivity contribution in [3.8, 4) is 0 Å². The largest absolute Gasteiger partial charge is 0.326 e. The number of hydrogen-bond acceptors (Lipinski definition) is 3. The molecule has 0 aromatic heterocycles. The van der Waals surface area contributed by atoms with Gasteiger partial charge in [-0.15, -0.1) is 0 Å². The van der Waals surface area contributed by atoms with Crippen molar-refractivity contribution in [3.63, 3.8) is 0 Å². The van der Waals surface area contributed by atoms with E-state index in [1.165, 1.54) is 10.6 Å². The number of rotatable bonds is 6. The molecule has 1 N–H and O–H groups in total. The van der Waals surface area contributed by atoms with Crippen LogP contribution in [0.15, 0.2) is 36.4 Å². The number of carbonyl (C=O) groups is 1. The summed E-state index contributed by atoms with van der Waals surface area (Å²) in [6.07, 6.45) is 1.25. The highest BCUT2D eigenvalue weighted by Gasteiger charge is 2.22. The lowest BCUT2D eigenvalue weighted by atomic mass is 10.1. The number of benzene rings is 2. The molecule has 6 heteroatoms. The Morgan fingerprint density at radius 1 is 0.962 bits per heavy atom. The van der Waals surface area contributed by atoms with E-state index in [1.807, 2.05) is 64.1 Å². The zero-order valence-electron chi connectivity index (χ0n) is 16.0. The first kappa shape index (κ1) is 20.0. The van der Waals surface area contributed by atoms with E-state index >= 15 is 0 Å². The second-order valence-corrected chi connectivity index (χ2v) is 8.53. The van der Waals surface area contributed by atoms with Crippen LogP contribution in [0.1, 0.15) is 28.7 Å². The Morgan fingerprint density at radius 3 is 2.08 bits per heavy atom. The zero-order valence-corrected chi connectivity index (χ0v) is 16.8. The summed E-state index contributed by atoms with van der Waals surface area (Å²) in [6, 6.07) is 11.4. The molecule has 2 aromatic rings. The van der Waals surface area contributed by atoms with E-state index in [9.17, 15) is 13.2 Å². The van der Waals surface area contributed by atoms with Crippen LogP contribution in [-0.2, 0) is 14.8 Å². The highest BCUT2D eigenvalue weighted by Crippen LogP contribution is 2.27. The molecular formula is C20H26N2O3S. The quantitative estimate of drug-likeness (QED) is 0.838. The first-order valence-corrected chi connectivity index (χ1v) is 10.4. The predicted octanol–water partition coefficient (Wildman–Crippen LogP) is 3.72. The normalized spacial score (nSPS) is 11.3. The average Bonchev–Trinajstić information content (AvgIpc) is 2.53. The van der Waals surface area contributed by atoms with Crippen LogP contribution in [0.25, 0.3) is 0 Å². The zero-order chi connectivity index (χ0) is 19.5. The molecule has 26 heavy (non-hydrogen) atoms. The van der Waals surface area contributed by atoms with Crippen molar-refractivity contribution >= 4 is 27.3 Å². The second-order valence-electron chi connectivity index (χ2n) is 6.62. The molecule has 2 aromatic carbocycles. The molecular weight excluding hydrogens is 348 g/mol. The fourth-order valence-electron chi connectivity index (χ4n) is 2.94. The molecule has 0 saturated heterocycles. The van der Waals surface area contributed by atoms with E-state index in [0.29, 0.717) is 5.69 Å². The van der Waals surface area contributed by atoms with E-state index in [4.69, 9.17) is 0 Å². The topological polar surface area (TPSA) is 66.5 Å². The number of aryl methyl sites for hydroxylation is 3. The van der Waals surface area contributed by atoms with Crippen molar-refractivity contribution in [2.24, 2.45) is 0 Å². The van der Waals surface area contributed by atoms with Gasteiger partial charge in [-0.2, -0.15) is 0 Å². The third-order valence-electron chi connectivity index (χ3n) is 4.51. The molecule has 140 valence electrons. The fourth-order valence-corrected chi connectivity index (χ4v) is 3.99. The number of nitrogens with zero attached hydrogens (tertiary/aromatic N) is 1. The molecule has 0 spiro atoms. The lowest BCUT2D eigenvalue weighted by Crippen LogP contribution is -2.34. The molecule has 0 fully saturated rings. The van der Waals surface area contributed by atoms with E-state index in [1.54, 1.807) is 0 Å². The van der Waals surface area contributed by atoms with Crippen LogP contribution in [0.4, 0.5) is 11.4 Å². The van der Waals surface area contributed by atoms with Gasteiger partial charge in [0.1, 0.15) is 0 Å². The molecule has 0 aliphatic heterocycles. The van der Waals surface area contributed by atoms with Gasteiger partial charge in [-0.1, -0.05) is 30.3 Å². The van der Waals surface area contributed by atoms with Crippen molar-refractivity contribution < 1.29 is 13.2 Å². The number of amides is 1. The van der Waals surface area contributed by atoms with Gasteiger partial charge in [0.05, 0.1) is 11.9 Å². The van der Waals surface area contributed by atoms with Crippen LogP contribution in [0.2, 0.25) is 0 Å². The first-order valence-electron chi connectivity index (χ1n) is 8.51. The Morgan fingerprint density at radius 2 is 1.50 bits per heavy atom. The Balaban J connectivity index is 2.18. The number of sulfonamides is 1. The Hall–Kier alpha value is -2.34. The molecule has 0 saturated carbocycles. The van der Waals surface area contributed by atoms with Gasteiger partial charge < -0.3 is 5.32 Å². The Labute approximate surface area is 156 Å². The van der Waals surface area contributed by atoms with E-state index in [0.717, 1.165) is 27.9 Å². The van der Waals surface area contributed by atoms with Gasteiger partial charge in [0.15, 0.2) is 0 Å². The van der Waals surface area contributed by atoms with Crippen molar-refractivity contribution in [1.82, 2.24) is 0 Å². The van der Waals surface area contributed by atoms with Crippen LogP contribution in [-0.4, -0.2) is 27.1 Å². The second kappa shape index (κ2) is 7.91. The summed E-state index contributed by atoms with van der Waals surface area (Å²) in [6.45, 7) is 7.77. The molecule has 0 atom stereocenters. The summed E-state index contributed by atoms with van der Waals surface area (Å²) >= 11 is 0. The number of anilines is 2. The number of para-hydroxylation sites is 1. The van der Waals surface area contributed by atoms with Crippen molar-refractivity contribution in [3.05, 3.63) is 58.7 Å². The van der Waals surface area contributed by atoms with Crippen molar-refractivity contribution in [2.45, 2.75) is 34.1 Å². The van der Waals surface area contributed by atoms with Crippen molar-refractivity contribution in [2.75, 3.05) is 22.4 Å². The molecule has 0 heterocycles. The summed E-state index contributed by atoms with van der Waals surface area (Å²) in [5, 5.41) is 2.88. The summed E-state index contributed by atoms with van der Waals surface area (Å²) < 4.78 is 25.9. The van der Waals surface area contributed by atoms with Gasteiger partial charge in [-0.3, -0.25) is 9.10 Å². The van der Waals surface area contributed by atoms with Gasteiger partial charge >= 0.3 is 0 Å².